The zero-order valence-corrected chi connectivity index (χ0v) is 7.32. The van der Waals surface area contributed by atoms with Crippen LogP contribution in [0.5, 0.6) is 0 Å². The molecule has 0 aromatic rings. The average Bonchev–Trinajstić information content (AvgIpc) is 1.82. The third-order valence-electron chi connectivity index (χ3n) is 1.55. The van der Waals surface area contributed by atoms with Crippen LogP contribution in [0.4, 0.5) is 0 Å². The fraction of sp³-hybridized carbons (Fsp3) is 0.857. The molecule has 64 valence electrons. The van der Waals surface area contributed by atoms with Gasteiger partial charge in [-0.3, -0.25) is 5.41 Å². The van der Waals surface area contributed by atoms with E-state index in [1.54, 1.807) is 0 Å². The summed E-state index contributed by atoms with van der Waals surface area (Å²) in [6.45, 7) is 1.81. The van der Waals surface area contributed by atoms with Crippen molar-refractivity contribution >= 4 is 17.6 Å². The molecule has 0 aliphatic carbocycles. The summed E-state index contributed by atoms with van der Waals surface area (Å²) in [6, 6.07) is 0. The number of nitrogens with two attached hydrogens (primary N) is 1. The molecule has 1 rings (SSSR count). The Bertz CT molecular complexity index is 136. The van der Waals surface area contributed by atoms with Crippen LogP contribution in [0.25, 0.3) is 0 Å². The topological polar surface area (TPSA) is 59.1 Å². The molecular weight excluding hydrogens is 160 g/mol. The number of thioether (sulfide) groups is 1. The molecule has 1 aliphatic heterocycles. The number of rotatable bonds is 5. The Hall–Kier alpha value is -0.220. The molecule has 1 saturated heterocycles. The molecule has 0 aromatic carbocycles. The van der Waals surface area contributed by atoms with Gasteiger partial charge in [-0.15, -0.1) is 0 Å². The van der Waals surface area contributed by atoms with Gasteiger partial charge in [0.15, 0.2) is 0 Å². The van der Waals surface area contributed by atoms with E-state index in [2.05, 4.69) is 0 Å². The molecule has 3 nitrogen and oxygen atoms in total. The van der Waals surface area contributed by atoms with Crippen LogP contribution < -0.4 is 5.73 Å². The Morgan fingerprint density at radius 3 is 2.82 bits per heavy atom. The van der Waals surface area contributed by atoms with Crippen LogP contribution in [0.15, 0.2) is 0 Å². The lowest BCUT2D eigenvalue weighted by Crippen LogP contribution is -2.30. The van der Waals surface area contributed by atoms with Crippen molar-refractivity contribution in [2.75, 3.05) is 19.0 Å². The fourth-order valence-corrected chi connectivity index (χ4v) is 1.85. The molecule has 0 radical (unpaired) electrons. The molecule has 1 aliphatic rings. The highest BCUT2D eigenvalue weighted by Crippen LogP contribution is 2.19. The first-order valence-electron chi connectivity index (χ1n) is 3.81. The Morgan fingerprint density at radius 1 is 1.64 bits per heavy atom. The maximum atomic E-state index is 6.98. The van der Waals surface area contributed by atoms with E-state index in [0.29, 0.717) is 11.1 Å². The van der Waals surface area contributed by atoms with Crippen molar-refractivity contribution in [2.24, 2.45) is 5.73 Å². The van der Waals surface area contributed by atoms with Gasteiger partial charge >= 0.3 is 0 Å². The van der Waals surface area contributed by atoms with E-state index in [-0.39, 0.29) is 0 Å². The summed E-state index contributed by atoms with van der Waals surface area (Å²) in [5.74, 6) is 1.41. The highest BCUT2D eigenvalue weighted by Gasteiger charge is 2.17. The number of ether oxygens (including phenoxy) is 1. The molecule has 0 atom stereocenters. The van der Waals surface area contributed by atoms with Crippen LogP contribution in [-0.2, 0) is 4.74 Å². The zero-order chi connectivity index (χ0) is 8.10. The molecule has 0 amide bonds. The minimum absolute atomic E-state index is 0.301. The predicted octanol–water partition coefficient (Wildman–Crippen LogP) is 0.835. The lowest BCUT2D eigenvalue weighted by molar-refractivity contribution is 0.0455. The van der Waals surface area contributed by atoms with E-state index in [4.69, 9.17) is 15.9 Å². The minimum atomic E-state index is 0.301. The van der Waals surface area contributed by atoms with E-state index in [1.807, 2.05) is 11.8 Å². The van der Waals surface area contributed by atoms with Gasteiger partial charge < -0.3 is 10.5 Å². The van der Waals surface area contributed by atoms with Crippen LogP contribution in [0.2, 0.25) is 0 Å². The van der Waals surface area contributed by atoms with Crippen molar-refractivity contribution in [3.8, 4) is 0 Å². The number of hydrogen-bond acceptors (Lipinski definition) is 3. The standard InChI is InChI=1S/C7H14N2OS/c8-7(9)2-1-3-11-6-4-10-5-6/h6H,1-5H2,(H3,8,9). The normalized spacial score (nSPS) is 17.8. The van der Waals surface area contributed by atoms with Crippen LogP contribution in [0, 0.1) is 5.41 Å². The van der Waals surface area contributed by atoms with Gasteiger partial charge in [-0.1, -0.05) is 0 Å². The second kappa shape index (κ2) is 4.62. The maximum Gasteiger partial charge on any atom is 0.0905 e. The van der Waals surface area contributed by atoms with E-state index >= 15 is 0 Å². The first kappa shape index (κ1) is 8.87. The monoisotopic (exact) mass is 174 g/mol. The second-order valence-electron chi connectivity index (χ2n) is 2.66. The molecule has 1 heterocycles. The van der Waals surface area contributed by atoms with Gasteiger partial charge in [-0.2, -0.15) is 11.8 Å². The Labute approximate surface area is 71.2 Å². The summed E-state index contributed by atoms with van der Waals surface area (Å²) in [6.07, 6.45) is 1.76. The van der Waals surface area contributed by atoms with Crippen LogP contribution in [-0.4, -0.2) is 30.1 Å². The van der Waals surface area contributed by atoms with E-state index < -0.39 is 0 Å². The van der Waals surface area contributed by atoms with Crippen molar-refractivity contribution in [1.82, 2.24) is 0 Å². The first-order chi connectivity index (χ1) is 5.29. The lowest BCUT2D eigenvalue weighted by Gasteiger charge is -2.25. The molecule has 0 bridgehead atoms. The number of amidine groups is 1. The van der Waals surface area contributed by atoms with Crippen molar-refractivity contribution in [1.29, 1.82) is 5.41 Å². The first-order valence-corrected chi connectivity index (χ1v) is 4.86. The van der Waals surface area contributed by atoms with Crippen molar-refractivity contribution in [3.05, 3.63) is 0 Å². The van der Waals surface area contributed by atoms with Gasteiger partial charge in [0.2, 0.25) is 0 Å². The van der Waals surface area contributed by atoms with Crippen molar-refractivity contribution in [2.45, 2.75) is 18.1 Å². The lowest BCUT2D eigenvalue weighted by atomic mass is 10.3. The number of hydrogen-bond donors (Lipinski definition) is 2. The van der Waals surface area contributed by atoms with E-state index in [9.17, 15) is 0 Å². The highest BCUT2D eigenvalue weighted by atomic mass is 32.2. The molecule has 1 fully saturated rings. The highest BCUT2D eigenvalue weighted by molar-refractivity contribution is 8.00. The molecule has 11 heavy (non-hydrogen) atoms. The summed E-state index contributed by atoms with van der Waals surface area (Å²) >= 11 is 1.93. The van der Waals surface area contributed by atoms with Gasteiger partial charge in [-0.25, -0.2) is 0 Å². The molecule has 4 heteroatoms. The van der Waals surface area contributed by atoms with Gasteiger partial charge in [0, 0.05) is 6.42 Å². The quantitative estimate of drug-likeness (QED) is 0.369. The Kier molecular flexibility index (Phi) is 3.72. The molecule has 0 saturated carbocycles. The maximum absolute atomic E-state index is 6.98. The summed E-state index contributed by atoms with van der Waals surface area (Å²) in [4.78, 5) is 0. The summed E-state index contributed by atoms with van der Waals surface area (Å²) in [7, 11) is 0. The van der Waals surface area contributed by atoms with E-state index in [0.717, 1.165) is 31.8 Å². The second-order valence-corrected chi connectivity index (χ2v) is 4.07. The van der Waals surface area contributed by atoms with Gasteiger partial charge in [-0.05, 0) is 12.2 Å². The van der Waals surface area contributed by atoms with E-state index in [1.165, 1.54) is 0 Å². The van der Waals surface area contributed by atoms with Crippen LogP contribution >= 0.6 is 11.8 Å². The fourth-order valence-electron chi connectivity index (χ4n) is 0.823. The van der Waals surface area contributed by atoms with Crippen LogP contribution in [0.1, 0.15) is 12.8 Å². The van der Waals surface area contributed by atoms with Gasteiger partial charge in [0.05, 0.1) is 24.3 Å². The average molecular weight is 174 g/mol. The van der Waals surface area contributed by atoms with Gasteiger partial charge in [0.1, 0.15) is 0 Å². The molecule has 0 spiro atoms. The third-order valence-corrected chi connectivity index (χ3v) is 2.82. The molecule has 0 unspecified atom stereocenters. The van der Waals surface area contributed by atoms with Crippen molar-refractivity contribution in [3.63, 3.8) is 0 Å². The van der Waals surface area contributed by atoms with Gasteiger partial charge in [0.25, 0.3) is 0 Å². The predicted molar refractivity (Wildman–Crippen MR) is 48.2 cm³/mol. The summed E-state index contributed by atoms with van der Waals surface area (Å²) < 4.78 is 5.03. The summed E-state index contributed by atoms with van der Waals surface area (Å²) in [5.41, 5.74) is 5.21. The Balaban J connectivity index is 1.83. The molecular formula is C7H14N2OS. The largest absolute Gasteiger partial charge is 0.388 e. The SMILES string of the molecule is N=C(N)CCCSC1COC1. The molecule has 3 N–H and O–H groups in total. The number of nitrogens with one attached hydrogen (secondary N) is 1. The third kappa shape index (κ3) is 3.62. The minimum Gasteiger partial charge on any atom is -0.388 e. The van der Waals surface area contributed by atoms with Crippen molar-refractivity contribution < 1.29 is 4.74 Å². The van der Waals surface area contributed by atoms with Crippen LogP contribution in [0.3, 0.4) is 0 Å². The summed E-state index contributed by atoms with van der Waals surface area (Å²) in [5, 5.41) is 7.69. The smallest absolute Gasteiger partial charge is 0.0905 e. The molecule has 0 aromatic heterocycles. The Morgan fingerprint density at radius 2 is 2.36 bits per heavy atom. The zero-order valence-electron chi connectivity index (χ0n) is 6.51.